The van der Waals surface area contributed by atoms with Gasteiger partial charge in [-0.05, 0) is 26.3 Å². The van der Waals surface area contributed by atoms with E-state index in [2.05, 4.69) is 59.7 Å². The zero-order valence-electron chi connectivity index (χ0n) is 14.1. The quantitative estimate of drug-likeness (QED) is 0.903. The third-order valence-corrected chi connectivity index (χ3v) is 4.26. The molecule has 1 aliphatic rings. The molecular formula is C16H29N5. The zero-order chi connectivity index (χ0) is 15.4. The Morgan fingerprint density at radius 1 is 1.29 bits per heavy atom. The molecule has 0 radical (unpaired) electrons. The van der Waals surface area contributed by atoms with E-state index in [-0.39, 0.29) is 0 Å². The highest BCUT2D eigenvalue weighted by atomic mass is 15.3. The highest BCUT2D eigenvalue weighted by molar-refractivity contribution is 5.60. The molecule has 1 fully saturated rings. The molecule has 118 valence electrons. The zero-order valence-corrected chi connectivity index (χ0v) is 14.1. The molecule has 0 amide bonds. The lowest BCUT2D eigenvalue weighted by Crippen LogP contribution is -2.52. The minimum absolute atomic E-state index is 0.412. The van der Waals surface area contributed by atoms with Gasteiger partial charge in [0.05, 0.1) is 0 Å². The van der Waals surface area contributed by atoms with Gasteiger partial charge in [0.2, 0.25) is 0 Å². The molecule has 1 aromatic heterocycles. The molecule has 21 heavy (non-hydrogen) atoms. The van der Waals surface area contributed by atoms with E-state index in [4.69, 9.17) is 0 Å². The van der Waals surface area contributed by atoms with Crippen molar-refractivity contribution >= 4 is 11.6 Å². The van der Waals surface area contributed by atoms with Crippen molar-refractivity contribution in [3.05, 3.63) is 11.9 Å². The van der Waals surface area contributed by atoms with Gasteiger partial charge < -0.3 is 10.2 Å². The minimum Gasteiger partial charge on any atom is -0.370 e. The van der Waals surface area contributed by atoms with E-state index in [1.54, 1.807) is 6.33 Å². The van der Waals surface area contributed by atoms with Crippen LogP contribution in [-0.4, -0.2) is 53.6 Å². The molecule has 5 nitrogen and oxygen atoms in total. The highest BCUT2D eigenvalue weighted by Gasteiger charge is 2.26. The topological polar surface area (TPSA) is 44.3 Å². The lowest BCUT2D eigenvalue weighted by molar-refractivity contribution is 0.199. The van der Waals surface area contributed by atoms with Gasteiger partial charge in [0.15, 0.2) is 0 Å². The van der Waals surface area contributed by atoms with Crippen molar-refractivity contribution in [1.29, 1.82) is 0 Å². The van der Waals surface area contributed by atoms with Crippen molar-refractivity contribution in [2.45, 2.75) is 46.6 Å². The van der Waals surface area contributed by atoms with Gasteiger partial charge in [-0.15, -0.1) is 0 Å². The molecule has 1 saturated heterocycles. The van der Waals surface area contributed by atoms with E-state index in [0.29, 0.717) is 12.0 Å². The van der Waals surface area contributed by atoms with E-state index in [1.807, 2.05) is 0 Å². The van der Waals surface area contributed by atoms with Crippen LogP contribution in [0, 0.1) is 0 Å². The Kier molecular flexibility index (Phi) is 5.39. The average molecular weight is 291 g/mol. The van der Waals surface area contributed by atoms with Crippen LogP contribution in [0.5, 0.6) is 0 Å². The molecule has 5 heteroatoms. The van der Waals surface area contributed by atoms with Gasteiger partial charge in [0.1, 0.15) is 18.0 Å². The number of hydrogen-bond donors (Lipinski definition) is 1. The van der Waals surface area contributed by atoms with Crippen molar-refractivity contribution < 1.29 is 0 Å². The molecular weight excluding hydrogens is 262 g/mol. The van der Waals surface area contributed by atoms with Crippen LogP contribution in [0.2, 0.25) is 0 Å². The third-order valence-electron chi connectivity index (χ3n) is 4.26. The first-order chi connectivity index (χ1) is 10.1. The first-order valence-corrected chi connectivity index (χ1v) is 8.16. The standard InChI is InChI=1S/C16H29N5/c1-6-17-15-14(12(3)4)16(19-11-18-15)21-9-8-20(7-2)13(5)10-21/h11-13H,6-10H2,1-5H3,(H,17,18,19). The molecule has 1 aromatic rings. The van der Waals surface area contributed by atoms with Crippen LogP contribution >= 0.6 is 0 Å². The second-order valence-corrected chi connectivity index (χ2v) is 6.07. The summed E-state index contributed by atoms with van der Waals surface area (Å²) in [4.78, 5) is 14.0. The first-order valence-electron chi connectivity index (χ1n) is 8.16. The SMILES string of the molecule is CCNc1ncnc(N2CCN(CC)C(C)C2)c1C(C)C. The molecule has 2 rings (SSSR count). The summed E-state index contributed by atoms with van der Waals surface area (Å²) >= 11 is 0. The van der Waals surface area contributed by atoms with Crippen LogP contribution in [0.25, 0.3) is 0 Å². The summed E-state index contributed by atoms with van der Waals surface area (Å²) in [5.74, 6) is 2.51. The van der Waals surface area contributed by atoms with Crippen LogP contribution in [0.3, 0.4) is 0 Å². The first kappa shape index (κ1) is 16.0. The van der Waals surface area contributed by atoms with Crippen LogP contribution in [0.4, 0.5) is 11.6 Å². The maximum absolute atomic E-state index is 4.61. The third kappa shape index (κ3) is 3.46. The lowest BCUT2D eigenvalue weighted by atomic mass is 10.0. The number of aromatic nitrogens is 2. The van der Waals surface area contributed by atoms with Crippen LogP contribution in [-0.2, 0) is 0 Å². The monoisotopic (exact) mass is 291 g/mol. The van der Waals surface area contributed by atoms with Crippen LogP contribution < -0.4 is 10.2 Å². The van der Waals surface area contributed by atoms with Gasteiger partial charge in [-0.3, -0.25) is 4.90 Å². The van der Waals surface area contributed by atoms with Crippen molar-refractivity contribution in [3.63, 3.8) is 0 Å². The molecule has 1 unspecified atom stereocenters. The number of likely N-dealkylation sites (N-methyl/N-ethyl adjacent to an activating group) is 1. The molecule has 0 spiro atoms. The van der Waals surface area contributed by atoms with Gasteiger partial charge in [0, 0.05) is 37.8 Å². The van der Waals surface area contributed by atoms with E-state index >= 15 is 0 Å². The smallest absolute Gasteiger partial charge is 0.137 e. The fourth-order valence-electron chi connectivity index (χ4n) is 3.14. The number of nitrogens with zero attached hydrogens (tertiary/aromatic N) is 4. The number of hydrogen-bond acceptors (Lipinski definition) is 5. The van der Waals surface area contributed by atoms with Gasteiger partial charge >= 0.3 is 0 Å². The van der Waals surface area contributed by atoms with Gasteiger partial charge in [-0.1, -0.05) is 20.8 Å². The van der Waals surface area contributed by atoms with Crippen molar-refractivity contribution in [3.8, 4) is 0 Å². The highest BCUT2D eigenvalue weighted by Crippen LogP contribution is 2.31. The fourth-order valence-corrected chi connectivity index (χ4v) is 3.14. The number of anilines is 2. The summed E-state index contributed by atoms with van der Waals surface area (Å²) in [5, 5.41) is 3.38. The van der Waals surface area contributed by atoms with Crippen molar-refractivity contribution in [2.75, 3.05) is 42.9 Å². The predicted octanol–water partition coefficient (Wildman–Crippen LogP) is 2.56. The maximum atomic E-state index is 4.61. The molecule has 1 N–H and O–H groups in total. The number of piperazine rings is 1. The van der Waals surface area contributed by atoms with Crippen LogP contribution in [0.15, 0.2) is 6.33 Å². The second-order valence-electron chi connectivity index (χ2n) is 6.07. The summed E-state index contributed by atoms with van der Waals surface area (Å²) in [7, 11) is 0. The van der Waals surface area contributed by atoms with Gasteiger partial charge in [-0.25, -0.2) is 9.97 Å². The van der Waals surface area contributed by atoms with E-state index < -0.39 is 0 Å². The summed E-state index contributed by atoms with van der Waals surface area (Å²) < 4.78 is 0. The Labute approximate surface area is 128 Å². The summed E-state index contributed by atoms with van der Waals surface area (Å²) in [5.41, 5.74) is 1.25. The maximum Gasteiger partial charge on any atom is 0.137 e. The molecule has 1 atom stereocenters. The Morgan fingerprint density at radius 3 is 2.62 bits per heavy atom. The number of rotatable bonds is 5. The Hall–Kier alpha value is -1.36. The average Bonchev–Trinajstić information content (AvgIpc) is 2.47. The summed E-state index contributed by atoms with van der Waals surface area (Å²) in [6.07, 6.45) is 1.69. The molecule has 1 aliphatic heterocycles. The largest absolute Gasteiger partial charge is 0.370 e. The Bertz CT molecular complexity index is 460. The predicted molar refractivity (Wildman–Crippen MR) is 89.2 cm³/mol. The molecule has 0 aliphatic carbocycles. The normalized spacial score (nSPS) is 20.1. The van der Waals surface area contributed by atoms with E-state index in [0.717, 1.165) is 44.4 Å². The van der Waals surface area contributed by atoms with E-state index in [9.17, 15) is 0 Å². The molecule has 0 aromatic carbocycles. The fraction of sp³-hybridized carbons (Fsp3) is 0.750. The number of nitrogens with one attached hydrogen (secondary N) is 1. The molecule has 0 saturated carbocycles. The molecule has 2 heterocycles. The van der Waals surface area contributed by atoms with Crippen molar-refractivity contribution in [1.82, 2.24) is 14.9 Å². The Balaban J connectivity index is 2.29. The second kappa shape index (κ2) is 7.07. The molecule has 0 bridgehead atoms. The van der Waals surface area contributed by atoms with Gasteiger partial charge in [-0.2, -0.15) is 0 Å². The van der Waals surface area contributed by atoms with Crippen LogP contribution in [0.1, 0.15) is 46.1 Å². The van der Waals surface area contributed by atoms with Crippen molar-refractivity contribution in [2.24, 2.45) is 0 Å². The summed E-state index contributed by atoms with van der Waals surface area (Å²) in [6.45, 7) is 16.3. The lowest BCUT2D eigenvalue weighted by Gasteiger charge is -2.40. The van der Waals surface area contributed by atoms with E-state index in [1.165, 1.54) is 5.56 Å². The van der Waals surface area contributed by atoms with Gasteiger partial charge in [0.25, 0.3) is 0 Å². The minimum atomic E-state index is 0.412. The summed E-state index contributed by atoms with van der Waals surface area (Å²) in [6, 6.07) is 0.571. The Morgan fingerprint density at radius 2 is 2.05 bits per heavy atom.